The lowest BCUT2D eigenvalue weighted by atomic mass is 10.3. The first-order valence-electron chi connectivity index (χ1n) is 4.82. The molecule has 17 heavy (non-hydrogen) atoms. The van der Waals surface area contributed by atoms with Crippen LogP contribution >= 0.6 is 11.8 Å². The van der Waals surface area contributed by atoms with Gasteiger partial charge in [-0.05, 0) is 24.3 Å². The second-order valence-corrected chi connectivity index (χ2v) is 4.33. The normalized spacial score (nSPS) is 11.5. The molecule has 0 saturated heterocycles. The van der Waals surface area contributed by atoms with Crippen molar-refractivity contribution >= 4 is 11.8 Å². The largest absolute Gasteiger partial charge is 0.419 e. The van der Waals surface area contributed by atoms with Crippen molar-refractivity contribution < 1.29 is 13.2 Å². The van der Waals surface area contributed by atoms with E-state index in [1.807, 2.05) is 6.07 Å². The molecule has 1 aromatic heterocycles. The van der Waals surface area contributed by atoms with Crippen molar-refractivity contribution in [1.82, 2.24) is 4.98 Å². The van der Waals surface area contributed by atoms with E-state index in [0.29, 0.717) is 0 Å². The molecule has 0 aliphatic heterocycles. The molecule has 2 aromatic rings. The first-order valence-corrected chi connectivity index (χ1v) is 5.64. The first kappa shape index (κ1) is 12.0. The second-order valence-electron chi connectivity index (χ2n) is 3.27. The van der Waals surface area contributed by atoms with Crippen molar-refractivity contribution in [1.29, 1.82) is 0 Å². The molecule has 1 heterocycles. The van der Waals surface area contributed by atoms with Crippen molar-refractivity contribution in [2.45, 2.75) is 16.1 Å². The Kier molecular flexibility index (Phi) is 3.38. The fourth-order valence-corrected chi connectivity index (χ4v) is 2.21. The van der Waals surface area contributed by atoms with E-state index in [0.717, 1.165) is 22.7 Å². The van der Waals surface area contributed by atoms with Gasteiger partial charge < -0.3 is 0 Å². The van der Waals surface area contributed by atoms with Gasteiger partial charge in [-0.3, -0.25) is 0 Å². The molecule has 0 N–H and O–H groups in total. The smallest absolute Gasteiger partial charge is 0.249 e. The molecule has 88 valence electrons. The van der Waals surface area contributed by atoms with Crippen LogP contribution in [0.5, 0.6) is 0 Å². The Morgan fingerprint density at radius 2 is 1.65 bits per heavy atom. The van der Waals surface area contributed by atoms with E-state index < -0.39 is 11.7 Å². The van der Waals surface area contributed by atoms with E-state index in [2.05, 4.69) is 4.98 Å². The van der Waals surface area contributed by atoms with Crippen LogP contribution < -0.4 is 0 Å². The van der Waals surface area contributed by atoms with E-state index in [1.165, 1.54) is 12.3 Å². The van der Waals surface area contributed by atoms with Gasteiger partial charge in [0.1, 0.15) is 5.03 Å². The van der Waals surface area contributed by atoms with Crippen LogP contribution in [-0.2, 0) is 6.18 Å². The number of rotatable bonds is 2. The average Bonchev–Trinajstić information content (AvgIpc) is 2.30. The van der Waals surface area contributed by atoms with Crippen LogP contribution in [0, 0.1) is 0 Å². The van der Waals surface area contributed by atoms with Crippen LogP contribution in [0.4, 0.5) is 13.2 Å². The van der Waals surface area contributed by atoms with Gasteiger partial charge in [0.2, 0.25) is 0 Å². The van der Waals surface area contributed by atoms with Crippen molar-refractivity contribution in [3.63, 3.8) is 0 Å². The molecular formula is C12H8F3NS. The number of alkyl halides is 3. The molecule has 5 heteroatoms. The molecule has 2 rings (SSSR count). The highest BCUT2D eigenvalue weighted by Gasteiger charge is 2.34. The van der Waals surface area contributed by atoms with Gasteiger partial charge in [0.05, 0.1) is 5.56 Å². The third kappa shape index (κ3) is 3.00. The number of hydrogen-bond donors (Lipinski definition) is 0. The predicted molar refractivity (Wildman–Crippen MR) is 59.8 cm³/mol. The Hall–Kier alpha value is -1.49. The summed E-state index contributed by atoms with van der Waals surface area (Å²) in [6.07, 6.45) is -3.01. The molecule has 0 atom stereocenters. The molecule has 0 aliphatic rings. The fourth-order valence-electron chi connectivity index (χ4n) is 1.29. The topological polar surface area (TPSA) is 12.9 Å². The highest BCUT2D eigenvalue weighted by atomic mass is 32.2. The number of hydrogen-bond acceptors (Lipinski definition) is 2. The van der Waals surface area contributed by atoms with Crippen molar-refractivity contribution in [3.8, 4) is 0 Å². The van der Waals surface area contributed by atoms with Crippen molar-refractivity contribution in [3.05, 3.63) is 54.2 Å². The van der Waals surface area contributed by atoms with Gasteiger partial charge in [-0.1, -0.05) is 30.0 Å². The third-order valence-electron chi connectivity index (χ3n) is 2.03. The zero-order valence-electron chi connectivity index (χ0n) is 8.61. The third-order valence-corrected chi connectivity index (χ3v) is 3.06. The summed E-state index contributed by atoms with van der Waals surface area (Å²) in [4.78, 5) is 4.52. The Labute approximate surface area is 101 Å². The van der Waals surface area contributed by atoms with Gasteiger partial charge in [0.25, 0.3) is 0 Å². The predicted octanol–water partition coefficient (Wildman–Crippen LogP) is 4.25. The standard InChI is InChI=1S/C12H8F3NS/c13-12(14,15)10-7-4-8-16-11(10)17-9-5-2-1-3-6-9/h1-8H. The highest BCUT2D eigenvalue weighted by Crippen LogP contribution is 2.37. The minimum Gasteiger partial charge on any atom is -0.249 e. The lowest BCUT2D eigenvalue weighted by molar-refractivity contribution is -0.140. The first-order chi connectivity index (χ1) is 8.07. The minimum atomic E-state index is -4.37. The van der Waals surface area contributed by atoms with E-state index in [-0.39, 0.29) is 5.03 Å². The van der Waals surface area contributed by atoms with Crippen LogP contribution in [-0.4, -0.2) is 4.98 Å². The Balaban J connectivity index is 2.34. The molecule has 0 amide bonds. The molecule has 0 spiro atoms. The van der Waals surface area contributed by atoms with Crippen molar-refractivity contribution in [2.24, 2.45) is 0 Å². The Morgan fingerprint density at radius 3 is 2.29 bits per heavy atom. The summed E-state index contributed by atoms with van der Waals surface area (Å²) in [7, 11) is 0. The number of aromatic nitrogens is 1. The fraction of sp³-hybridized carbons (Fsp3) is 0.0833. The number of halogens is 3. The van der Waals surface area contributed by atoms with Gasteiger partial charge in [-0.25, -0.2) is 4.98 Å². The summed E-state index contributed by atoms with van der Waals surface area (Å²) in [5, 5.41) is -0.0220. The van der Waals surface area contributed by atoms with Gasteiger partial charge in [0.15, 0.2) is 0 Å². The lowest BCUT2D eigenvalue weighted by Crippen LogP contribution is -2.07. The van der Waals surface area contributed by atoms with Crippen LogP contribution in [0.15, 0.2) is 58.6 Å². The van der Waals surface area contributed by atoms with Gasteiger partial charge >= 0.3 is 6.18 Å². The van der Waals surface area contributed by atoms with Crippen LogP contribution in [0.1, 0.15) is 5.56 Å². The molecule has 0 aliphatic carbocycles. The minimum absolute atomic E-state index is 0.0220. The Morgan fingerprint density at radius 1 is 0.941 bits per heavy atom. The summed E-state index contributed by atoms with van der Waals surface area (Å²) in [5.74, 6) is 0. The zero-order chi connectivity index (χ0) is 12.3. The molecule has 0 fully saturated rings. The average molecular weight is 255 g/mol. The second kappa shape index (κ2) is 4.79. The summed E-state index contributed by atoms with van der Waals surface area (Å²) in [5.41, 5.74) is -0.700. The van der Waals surface area contributed by atoms with Gasteiger partial charge in [-0.15, -0.1) is 0 Å². The maximum absolute atomic E-state index is 12.7. The molecular weight excluding hydrogens is 247 g/mol. The molecule has 1 aromatic carbocycles. The van der Waals surface area contributed by atoms with Gasteiger partial charge in [0, 0.05) is 11.1 Å². The van der Waals surface area contributed by atoms with E-state index in [4.69, 9.17) is 0 Å². The van der Waals surface area contributed by atoms with Crippen molar-refractivity contribution in [2.75, 3.05) is 0 Å². The van der Waals surface area contributed by atoms with E-state index in [9.17, 15) is 13.2 Å². The number of benzene rings is 1. The molecule has 0 saturated carbocycles. The van der Waals surface area contributed by atoms with E-state index >= 15 is 0 Å². The van der Waals surface area contributed by atoms with Crippen LogP contribution in [0.2, 0.25) is 0 Å². The molecule has 1 nitrogen and oxygen atoms in total. The van der Waals surface area contributed by atoms with Gasteiger partial charge in [-0.2, -0.15) is 13.2 Å². The molecule has 0 bridgehead atoms. The Bertz CT molecular complexity index is 497. The lowest BCUT2D eigenvalue weighted by Gasteiger charge is -2.10. The quantitative estimate of drug-likeness (QED) is 0.795. The monoisotopic (exact) mass is 255 g/mol. The number of nitrogens with zero attached hydrogens (tertiary/aromatic N) is 1. The zero-order valence-corrected chi connectivity index (χ0v) is 9.42. The summed E-state index contributed by atoms with van der Waals surface area (Å²) in [6, 6.07) is 11.2. The maximum atomic E-state index is 12.7. The van der Waals surface area contributed by atoms with Crippen LogP contribution in [0.25, 0.3) is 0 Å². The maximum Gasteiger partial charge on any atom is 0.419 e. The molecule has 0 unspecified atom stereocenters. The molecule has 0 radical (unpaired) electrons. The number of pyridine rings is 1. The highest BCUT2D eigenvalue weighted by molar-refractivity contribution is 7.99. The summed E-state index contributed by atoms with van der Waals surface area (Å²) >= 11 is 1.01. The van der Waals surface area contributed by atoms with E-state index in [1.54, 1.807) is 24.3 Å². The summed E-state index contributed by atoms with van der Waals surface area (Å²) in [6.45, 7) is 0. The van der Waals surface area contributed by atoms with Crippen LogP contribution in [0.3, 0.4) is 0 Å². The summed E-state index contributed by atoms with van der Waals surface area (Å²) < 4.78 is 38.1. The SMILES string of the molecule is FC(F)(F)c1cccnc1Sc1ccccc1.